The second-order valence-corrected chi connectivity index (χ2v) is 9.54. The second kappa shape index (κ2) is 9.38. The highest BCUT2D eigenvalue weighted by Crippen LogP contribution is 2.46. The Morgan fingerprint density at radius 3 is 1.62 bits per heavy atom. The van der Waals surface area contributed by atoms with Gasteiger partial charge in [-0.25, -0.2) is 0 Å². The molecule has 1 aliphatic rings. The van der Waals surface area contributed by atoms with Crippen LogP contribution in [0.25, 0.3) is 21.5 Å². The number of rotatable bonds is 8. The van der Waals surface area contributed by atoms with Gasteiger partial charge in [-0.1, -0.05) is 13.5 Å². The summed E-state index contributed by atoms with van der Waals surface area (Å²) >= 11 is 0. The van der Waals surface area contributed by atoms with Crippen molar-refractivity contribution in [2.24, 2.45) is 0 Å². The summed E-state index contributed by atoms with van der Waals surface area (Å²) in [5.74, 6) is 2.97. The molecule has 0 bridgehead atoms. The van der Waals surface area contributed by atoms with E-state index in [1.54, 1.807) is 28.4 Å². The molecule has 182 valence electrons. The van der Waals surface area contributed by atoms with Gasteiger partial charge in [-0.15, -0.1) is 0 Å². The molecule has 2 unspecified atom stereocenters. The lowest BCUT2D eigenvalue weighted by atomic mass is 9.82. The highest BCUT2D eigenvalue weighted by atomic mass is 16.5. The van der Waals surface area contributed by atoms with Crippen molar-refractivity contribution in [2.75, 3.05) is 41.5 Å². The van der Waals surface area contributed by atoms with E-state index >= 15 is 0 Å². The summed E-state index contributed by atoms with van der Waals surface area (Å²) in [5, 5.41) is 4.75. The highest BCUT2D eigenvalue weighted by molar-refractivity contribution is 6.12. The number of likely N-dealkylation sites (N-methyl/N-ethyl adjacent to an activating group) is 1. The fourth-order valence-electron chi connectivity index (χ4n) is 6.05. The van der Waals surface area contributed by atoms with Crippen LogP contribution in [-0.4, -0.2) is 52.1 Å². The Hall–Kier alpha value is -2.92. The summed E-state index contributed by atoms with van der Waals surface area (Å²) in [4.78, 5) is 0. The fourth-order valence-corrected chi connectivity index (χ4v) is 6.05. The lowest BCUT2D eigenvalue weighted by Crippen LogP contribution is -2.58. The smallest absolute Gasteiger partial charge is 0.161 e. The SMILES string of the molecule is C=C(C)C[N+]1(CC)Cc2c(c3cc(OC)c(OC)cc3c3cc(OC)c(OC)cc23)CC1CC. The van der Waals surface area contributed by atoms with Gasteiger partial charge in [-0.2, -0.15) is 0 Å². The Morgan fingerprint density at radius 1 is 0.794 bits per heavy atom. The molecule has 1 aliphatic heterocycles. The van der Waals surface area contributed by atoms with Crippen molar-refractivity contribution in [3.63, 3.8) is 0 Å². The van der Waals surface area contributed by atoms with Gasteiger partial charge in [0, 0.05) is 12.0 Å². The fraction of sp³-hybridized carbons (Fsp3) is 0.448. The minimum absolute atomic E-state index is 0.531. The summed E-state index contributed by atoms with van der Waals surface area (Å²) < 4.78 is 23.8. The van der Waals surface area contributed by atoms with E-state index in [-0.39, 0.29) is 0 Å². The van der Waals surface area contributed by atoms with Crippen molar-refractivity contribution in [3.8, 4) is 23.0 Å². The molecule has 0 aliphatic carbocycles. The van der Waals surface area contributed by atoms with E-state index in [0.29, 0.717) is 6.04 Å². The van der Waals surface area contributed by atoms with Crippen LogP contribution in [-0.2, 0) is 13.0 Å². The maximum Gasteiger partial charge on any atom is 0.161 e. The maximum absolute atomic E-state index is 5.73. The predicted molar refractivity (Wildman–Crippen MR) is 140 cm³/mol. The number of methoxy groups -OCH3 is 4. The highest BCUT2D eigenvalue weighted by Gasteiger charge is 2.41. The van der Waals surface area contributed by atoms with E-state index in [4.69, 9.17) is 18.9 Å². The third kappa shape index (κ3) is 3.76. The zero-order chi connectivity index (χ0) is 24.6. The van der Waals surface area contributed by atoms with Gasteiger partial charge < -0.3 is 23.4 Å². The van der Waals surface area contributed by atoms with Crippen molar-refractivity contribution < 1.29 is 23.4 Å². The topological polar surface area (TPSA) is 36.9 Å². The summed E-state index contributed by atoms with van der Waals surface area (Å²) in [6.07, 6.45) is 2.14. The van der Waals surface area contributed by atoms with Crippen LogP contribution in [0.5, 0.6) is 23.0 Å². The van der Waals surface area contributed by atoms with Crippen molar-refractivity contribution in [1.82, 2.24) is 0 Å². The number of hydrogen-bond donors (Lipinski definition) is 0. The van der Waals surface area contributed by atoms with Crippen molar-refractivity contribution in [2.45, 2.75) is 46.2 Å². The van der Waals surface area contributed by atoms with Gasteiger partial charge in [0.05, 0.1) is 41.0 Å². The number of hydrogen-bond acceptors (Lipinski definition) is 4. The van der Waals surface area contributed by atoms with Crippen molar-refractivity contribution in [3.05, 3.63) is 47.5 Å². The molecule has 5 heteroatoms. The standard InChI is InChI=1S/C29H38NO4/c1-9-19-11-20-21-12-26(31-5)27(32-6)13-22(21)23-14-28(33-7)29(34-8)15-24(23)25(20)17-30(19,10-2)16-18(3)4/h12-15,19H,3,9-11,16-17H2,1-2,4-8H3/q+1. The Morgan fingerprint density at radius 2 is 1.24 bits per heavy atom. The van der Waals surface area contributed by atoms with Gasteiger partial charge >= 0.3 is 0 Å². The molecule has 0 saturated heterocycles. The number of fused-ring (bicyclic) bond motifs is 6. The summed E-state index contributed by atoms with van der Waals surface area (Å²) in [6.45, 7) is 14.1. The molecule has 0 radical (unpaired) electrons. The van der Waals surface area contributed by atoms with E-state index < -0.39 is 0 Å². The number of benzene rings is 3. The van der Waals surface area contributed by atoms with Crippen LogP contribution >= 0.6 is 0 Å². The average Bonchev–Trinajstić information content (AvgIpc) is 2.86. The Kier molecular flexibility index (Phi) is 6.68. The van der Waals surface area contributed by atoms with Crippen molar-refractivity contribution in [1.29, 1.82) is 0 Å². The number of nitrogens with zero attached hydrogens (tertiary/aromatic N) is 1. The van der Waals surface area contributed by atoms with Crippen LogP contribution in [0.15, 0.2) is 36.4 Å². The Bertz CT molecular complexity index is 1250. The van der Waals surface area contributed by atoms with E-state index in [1.165, 1.54) is 27.5 Å². The van der Waals surface area contributed by atoms with E-state index in [0.717, 1.165) is 70.7 Å². The summed E-state index contributed by atoms with van der Waals surface area (Å²) in [6, 6.07) is 9.05. The predicted octanol–water partition coefficient (Wildman–Crippen LogP) is 6.27. The van der Waals surface area contributed by atoms with E-state index in [2.05, 4.69) is 51.6 Å². The quantitative estimate of drug-likeness (QED) is 0.223. The summed E-state index contributed by atoms with van der Waals surface area (Å²) in [5.41, 5.74) is 4.04. The van der Waals surface area contributed by atoms with Crippen LogP contribution < -0.4 is 18.9 Å². The van der Waals surface area contributed by atoms with Gasteiger partial charge in [0.25, 0.3) is 0 Å². The molecular weight excluding hydrogens is 426 g/mol. The second-order valence-electron chi connectivity index (χ2n) is 9.54. The maximum atomic E-state index is 5.73. The van der Waals surface area contributed by atoms with Gasteiger partial charge in [-0.05, 0) is 77.2 Å². The van der Waals surface area contributed by atoms with Gasteiger partial charge in [0.1, 0.15) is 13.1 Å². The molecule has 0 aromatic heterocycles. The molecule has 0 N–H and O–H groups in total. The number of quaternary nitrogens is 1. The molecule has 3 aromatic rings. The minimum Gasteiger partial charge on any atom is -0.493 e. The molecule has 3 aromatic carbocycles. The van der Waals surface area contributed by atoms with Gasteiger partial charge in [-0.3, -0.25) is 0 Å². The van der Waals surface area contributed by atoms with Crippen LogP contribution in [0, 0.1) is 0 Å². The Labute approximate surface area is 203 Å². The van der Waals surface area contributed by atoms with E-state index in [9.17, 15) is 0 Å². The first-order chi connectivity index (χ1) is 16.4. The third-order valence-electron chi connectivity index (χ3n) is 7.73. The summed E-state index contributed by atoms with van der Waals surface area (Å²) in [7, 11) is 6.77. The van der Waals surface area contributed by atoms with Gasteiger partial charge in [0.15, 0.2) is 23.0 Å². The minimum atomic E-state index is 0.531. The average molecular weight is 465 g/mol. The third-order valence-corrected chi connectivity index (χ3v) is 7.73. The molecule has 0 amide bonds. The van der Waals surface area contributed by atoms with Crippen LogP contribution in [0.1, 0.15) is 38.3 Å². The van der Waals surface area contributed by atoms with Crippen LogP contribution in [0.3, 0.4) is 0 Å². The lowest BCUT2D eigenvalue weighted by molar-refractivity contribution is -0.960. The first kappa shape index (κ1) is 24.2. The molecule has 5 nitrogen and oxygen atoms in total. The first-order valence-corrected chi connectivity index (χ1v) is 12.1. The zero-order valence-corrected chi connectivity index (χ0v) is 21.7. The zero-order valence-electron chi connectivity index (χ0n) is 21.7. The Balaban J connectivity index is 2.14. The number of ether oxygens (including phenoxy) is 4. The van der Waals surface area contributed by atoms with Crippen LogP contribution in [0.2, 0.25) is 0 Å². The van der Waals surface area contributed by atoms with E-state index in [1.807, 2.05) is 0 Å². The largest absolute Gasteiger partial charge is 0.493 e. The molecule has 34 heavy (non-hydrogen) atoms. The molecule has 2 atom stereocenters. The molecule has 0 fully saturated rings. The molecule has 4 rings (SSSR count). The molecular formula is C29H38NO4+. The molecule has 0 saturated carbocycles. The van der Waals surface area contributed by atoms with Crippen LogP contribution in [0.4, 0.5) is 0 Å². The monoisotopic (exact) mass is 464 g/mol. The van der Waals surface area contributed by atoms with Crippen molar-refractivity contribution >= 4 is 21.5 Å². The van der Waals surface area contributed by atoms with Gasteiger partial charge in [0.2, 0.25) is 0 Å². The first-order valence-electron chi connectivity index (χ1n) is 12.1. The normalized spacial score (nSPS) is 19.7. The molecule has 1 heterocycles. The molecule has 0 spiro atoms. The lowest BCUT2D eigenvalue weighted by Gasteiger charge is -2.48.